The van der Waals surface area contributed by atoms with Crippen LogP contribution in [0.15, 0.2) is 24.3 Å². The Morgan fingerprint density at radius 2 is 1.93 bits per heavy atom. The van der Waals surface area contributed by atoms with E-state index in [0.717, 1.165) is 11.5 Å². The maximum Gasteiger partial charge on any atom is 0.123 e. The predicted octanol–water partition coefficient (Wildman–Crippen LogP) is 2.06. The van der Waals surface area contributed by atoms with Crippen LogP contribution in [0, 0.1) is 5.92 Å². The van der Waals surface area contributed by atoms with Crippen LogP contribution in [0.1, 0.15) is 13.8 Å². The summed E-state index contributed by atoms with van der Waals surface area (Å²) in [6.45, 7) is 4.70. The molecule has 3 nitrogen and oxygen atoms in total. The summed E-state index contributed by atoms with van der Waals surface area (Å²) < 4.78 is 10.7. The van der Waals surface area contributed by atoms with Crippen LogP contribution in [0.5, 0.6) is 11.5 Å². The van der Waals surface area contributed by atoms with E-state index in [-0.39, 0.29) is 6.04 Å². The van der Waals surface area contributed by atoms with Gasteiger partial charge in [0.25, 0.3) is 0 Å². The van der Waals surface area contributed by atoms with Crippen LogP contribution in [0.25, 0.3) is 0 Å². The highest BCUT2D eigenvalue weighted by Gasteiger charge is 2.08. The topological polar surface area (TPSA) is 44.5 Å². The van der Waals surface area contributed by atoms with E-state index >= 15 is 0 Å². The third-order valence-corrected chi connectivity index (χ3v) is 2.34. The molecule has 0 heterocycles. The van der Waals surface area contributed by atoms with Gasteiger partial charge in [0.1, 0.15) is 18.1 Å². The number of methoxy groups -OCH3 is 1. The van der Waals surface area contributed by atoms with E-state index in [1.54, 1.807) is 7.11 Å². The maximum absolute atomic E-state index is 5.88. The molecule has 0 spiro atoms. The first-order valence-corrected chi connectivity index (χ1v) is 5.16. The van der Waals surface area contributed by atoms with Gasteiger partial charge < -0.3 is 15.2 Å². The van der Waals surface area contributed by atoms with Gasteiger partial charge >= 0.3 is 0 Å². The Morgan fingerprint density at radius 1 is 1.27 bits per heavy atom. The number of ether oxygens (including phenoxy) is 2. The molecule has 2 N–H and O–H groups in total. The standard InChI is InChI=1S/C12H19NO2/c1-9(2)12(13)8-15-11-6-4-5-10(7-11)14-3/h4-7,9,12H,8,13H2,1-3H3/t12-/m1/s1. The quantitative estimate of drug-likeness (QED) is 0.807. The van der Waals surface area contributed by atoms with Gasteiger partial charge in [0, 0.05) is 12.1 Å². The normalized spacial score (nSPS) is 12.6. The van der Waals surface area contributed by atoms with Gasteiger partial charge in [-0.3, -0.25) is 0 Å². The van der Waals surface area contributed by atoms with Crippen LogP contribution in [-0.4, -0.2) is 19.8 Å². The summed E-state index contributed by atoms with van der Waals surface area (Å²) in [6.07, 6.45) is 0. The number of hydrogen-bond acceptors (Lipinski definition) is 3. The molecule has 1 aromatic carbocycles. The summed E-state index contributed by atoms with van der Waals surface area (Å²) in [7, 11) is 1.64. The highest BCUT2D eigenvalue weighted by molar-refractivity contribution is 5.32. The first-order chi connectivity index (χ1) is 7.13. The van der Waals surface area contributed by atoms with Gasteiger partial charge in [0.15, 0.2) is 0 Å². The molecule has 3 heteroatoms. The van der Waals surface area contributed by atoms with E-state index in [9.17, 15) is 0 Å². The Labute approximate surface area is 91.2 Å². The van der Waals surface area contributed by atoms with E-state index < -0.39 is 0 Å². The molecule has 0 unspecified atom stereocenters. The van der Waals surface area contributed by atoms with Crippen molar-refractivity contribution in [2.24, 2.45) is 11.7 Å². The molecule has 84 valence electrons. The molecule has 0 aliphatic heterocycles. The van der Waals surface area contributed by atoms with E-state index in [4.69, 9.17) is 15.2 Å². The second-order valence-electron chi connectivity index (χ2n) is 3.90. The maximum atomic E-state index is 5.88. The van der Waals surface area contributed by atoms with Gasteiger partial charge in [-0.05, 0) is 18.1 Å². The van der Waals surface area contributed by atoms with E-state index in [0.29, 0.717) is 12.5 Å². The van der Waals surface area contributed by atoms with Crippen LogP contribution in [0.3, 0.4) is 0 Å². The zero-order chi connectivity index (χ0) is 11.3. The minimum Gasteiger partial charge on any atom is -0.497 e. The van der Waals surface area contributed by atoms with Crippen LogP contribution < -0.4 is 15.2 Å². The molecule has 0 saturated carbocycles. The molecule has 0 fully saturated rings. The van der Waals surface area contributed by atoms with E-state index in [1.165, 1.54) is 0 Å². The molecule has 0 saturated heterocycles. The minimum atomic E-state index is 0.0659. The Balaban J connectivity index is 2.50. The van der Waals surface area contributed by atoms with Crippen LogP contribution in [0.2, 0.25) is 0 Å². The molecular formula is C12H19NO2. The second kappa shape index (κ2) is 5.61. The van der Waals surface area contributed by atoms with Crippen molar-refractivity contribution in [3.63, 3.8) is 0 Å². The fraction of sp³-hybridized carbons (Fsp3) is 0.500. The lowest BCUT2D eigenvalue weighted by Gasteiger charge is -2.16. The first-order valence-electron chi connectivity index (χ1n) is 5.16. The average molecular weight is 209 g/mol. The fourth-order valence-electron chi connectivity index (χ4n) is 1.08. The predicted molar refractivity (Wildman–Crippen MR) is 61.3 cm³/mol. The smallest absolute Gasteiger partial charge is 0.123 e. The van der Waals surface area contributed by atoms with E-state index in [2.05, 4.69) is 13.8 Å². The summed E-state index contributed by atoms with van der Waals surface area (Å²) in [6, 6.07) is 7.60. The van der Waals surface area contributed by atoms with Gasteiger partial charge in [-0.2, -0.15) is 0 Å². The molecule has 1 rings (SSSR count). The van der Waals surface area contributed by atoms with Crippen molar-refractivity contribution in [2.75, 3.05) is 13.7 Å². The molecule has 0 aliphatic carbocycles. The average Bonchev–Trinajstić information content (AvgIpc) is 2.26. The zero-order valence-electron chi connectivity index (χ0n) is 9.57. The van der Waals surface area contributed by atoms with Crippen molar-refractivity contribution in [2.45, 2.75) is 19.9 Å². The summed E-state index contributed by atoms with van der Waals surface area (Å²) in [5.41, 5.74) is 5.88. The van der Waals surface area contributed by atoms with Crippen LogP contribution in [0.4, 0.5) is 0 Å². The summed E-state index contributed by atoms with van der Waals surface area (Å²) in [5, 5.41) is 0. The van der Waals surface area contributed by atoms with Gasteiger partial charge in [-0.1, -0.05) is 19.9 Å². The second-order valence-corrected chi connectivity index (χ2v) is 3.90. The lowest BCUT2D eigenvalue weighted by Crippen LogP contribution is -2.32. The summed E-state index contributed by atoms with van der Waals surface area (Å²) in [5.74, 6) is 2.02. The third kappa shape index (κ3) is 3.80. The molecule has 0 radical (unpaired) electrons. The molecule has 0 bridgehead atoms. The lowest BCUT2D eigenvalue weighted by molar-refractivity contribution is 0.258. The molecule has 1 atom stereocenters. The van der Waals surface area contributed by atoms with Crippen molar-refractivity contribution in [1.29, 1.82) is 0 Å². The molecular weight excluding hydrogens is 190 g/mol. The van der Waals surface area contributed by atoms with Crippen molar-refractivity contribution in [1.82, 2.24) is 0 Å². The monoisotopic (exact) mass is 209 g/mol. The number of benzene rings is 1. The molecule has 0 amide bonds. The number of hydrogen-bond donors (Lipinski definition) is 1. The van der Waals surface area contributed by atoms with Gasteiger partial charge in [0.05, 0.1) is 7.11 Å². The first kappa shape index (κ1) is 11.9. The van der Waals surface area contributed by atoms with Crippen LogP contribution >= 0.6 is 0 Å². The summed E-state index contributed by atoms with van der Waals surface area (Å²) in [4.78, 5) is 0. The van der Waals surface area contributed by atoms with Crippen molar-refractivity contribution < 1.29 is 9.47 Å². The Hall–Kier alpha value is -1.22. The minimum absolute atomic E-state index is 0.0659. The largest absolute Gasteiger partial charge is 0.497 e. The Kier molecular flexibility index (Phi) is 4.43. The van der Waals surface area contributed by atoms with Gasteiger partial charge in [-0.15, -0.1) is 0 Å². The molecule has 15 heavy (non-hydrogen) atoms. The molecule has 0 aliphatic rings. The van der Waals surface area contributed by atoms with Crippen molar-refractivity contribution in [3.8, 4) is 11.5 Å². The zero-order valence-corrected chi connectivity index (χ0v) is 9.57. The summed E-state index contributed by atoms with van der Waals surface area (Å²) >= 11 is 0. The lowest BCUT2D eigenvalue weighted by atomic mass is 10.1. The Morgan fingerprint density at radius 3 is 2.53 bits per heavy atom. The third-order valence-electron chi connectivity index (χ3n) is 2.34. The van der Waals surface area contributed by atoms with Crippen molar-refractivity contribution >= 4 is 0 Å². The SMILES string of the molecule is COc1cccc(OC[C@@H](N)C(C)C)c1. The van der Waals surface area contributed by atoms with Crippen LogP contribution in [-0.2, 0) is 0 Å². The molecule has 0 aromatic heterocycles. The van der Waals surface area contributed by atoms with Gasteiger partial charge in [0.2, 0.25) is 0 Å². The van der Waals surface area contributed by atoms with Gasteiger partial charge in [-0.25, -0.2) is 0 Å². The highest BCUT2D eigenvalue weighted by Crippen LogP contribution is 2.19. The molecule has 1 aromatic rings. The van der Waals surface area contributed by atoms with E-state index in [1.807, 2.05) is 24.3 Å². The van der Waals surface area contributed by atoms with Crippen molar-refractivity contribution in [3.05, 3.63) is 24.3 Å². The number of rotatable bonds is 5. The number of nitrogens with two attached hydrogens (primary N) is 1. The highest BCUT2D eigenvalue weighted by atomic mass is 16.5. The Bertz CT molecular complexity index is 299. The fourth-order valence-corrected chi connectivity index (χ4v) is 1.08.